The predicted molar refractivity (Wildman–Crippen MR) is 146 cm³/mol. The van der Waals surface area contributed by atoms with Crippen LogP contribution in [0.2, 0.25) is 0 Å². The highest BCUT2D eigenvalue weighted by Crippen LogP contribution is 2.26. The minimum atomic E-state index is -0.320. The van der Waals surface area contributed by atoms with Gasteiger partial charge in [-0.3, -0.25) is 4.79 Å². The molecule has 0 aliphatic rings. The molecule has 4 aromatic carbocycles. The molecule has 0 saturated carbocycles. The molecule has 5 heteroatoms. The highest BCUT2D eigenvalue weighted by molar-refractivity contribution is 6.02. The van der Waals surface area contributed by atoms with Crippen LogP contribution in [0.25, 0.3) is 27.6 Å². The summed E-state index contributed by atoms with van der Waals surface area (Å²) < 4.78 is 7.63. The molecule has 36 heavy (non-hydrogen) atoms. The normalized spacial score (nSPS) is 11.2. The highest BCUT2D eigenvalue weighted by atomic mass is 16.5. The van der Waals surface area contributed by atoms with E-state index in [0.29, 0.717) is 11.3 Å². The molecule has 0 radical (unpaired) electrons. The number of methoxy groups -OCH3 is 1. The number of hydrogen-bond acceptors (Lipinski definition) is 3. The molecule has 0 aliphatic heterocycles. The molecule has 0 saturated heterocycles. The van der Waals surface area contributed by atoms with Gasteiger partial charge in [-0.1, -0.05) is 66.7 Å². The van der Waals surface area contributed by atoms with Gasteiger partial charge in [-0.05, 0) is 66.1 Å². The fourth-order valence-corrected chi connectivity index (χ4v) is 4.54. The summed E-state index contributed by atoms with van der Waals surface area (Å²) in [5.41, 5.74) is 9.60. The second-order valence-corrected chi connectivity index (χ2v) is 8.67. The Morgan fingerprint density at radius 2 is 1.47 bits per heavy atom. The van der Waals surface area contributed by atoms with Gasteiger partial charge in [-0.25, -0.2) is 5.43 Å². The monoisotopic (exact) mass is 473 g/mol. The molecular formula is C31H27N3O2. The Balaban J connectivity index is 1.35. The zero-order valence-corrected chi connectivity index (χ0v) is 20.5. The van der Waals surface area contributed by atoms with E-state index in [2.05, 4.69) is 64.5 Å². The largest absolute Gasteiger partial charge is 0.496 e. The molecule has 0 bridgehead atoms. The van der Waals surface area contributed by atoms with Crippen molar-refractivity contribution in [3.05, 3.63) is 120 Å². The first-order chi connectivity index (χ1) is 17.5. The summed E-state index contributed by atoms with van der Waals surface area (Å²) in [5.74, 6) is 0.192. The number of hydrogen-bond donors (Lipinski definition) is 1. The maximum absolute atomic E-state index is 12.9. The van der Waals surface area contributed by atoms with Gasteiger partial charge in [0.1, 0.15) is 5.75 Å². The van der Waals surface area contributed by atoms with Gasteiger partial charge in [-0.15, -0.1) is 0 Å². The number of amides is 1. The quantitative estimate of drug-likeness (QED) is 0.221. The summed E-state index contributed by atoms with van der Waals surface area (Å²) in [6, 6.07) is 32.5. The third kappa shape index (κ3) is 4.51. The zero-order valence-electron chi connectivity index (χ0n) is 20.5. The number of ether oxygens (including phenoxy) is 1. The van der Waals surface area contributed by atoms with Gasteiger partial charge in [0.2, 0.25) is 0 Å². The number of nitrogens with one attached hydrogen (secondary N) is 1. The van der Waals surface area contributed by atoms with Gasteiger partial charge in [0.25, 0.3) is 5.91 Å². The van der Waals surface area contributed by atoms with Gasteiger partial charge in [0.05, 0.1) is 18.9 Å². The Kier molecular flexibility index (Phi) is 6.37. The average molecular weight is 474 g/mol. The number of carbonyl (C=O) groups is 1. The number of fused-ring (bicyclic) bond motifs is 1. The third-order valence-electron chi connectivity index (χ3n) is 6.39. The topological polar surface area (TPSA) is 55.6 Å². The van der Waals surface area contributed by atoms with Crippen molar-refractivity contribution in [1.82, 2.24) is 9.99 Å². The predicted octanol–water partition coefficient (Wildman–Crippen LogP) is 6.69. The molecule has 178 valence electrons. The molecule has 5 aromatic rings. The molecule has 0 aliphatic carbocycles. The van der Waals surface area contributed by atoms with Gasteiger partial charge in [0, 0.05) is 22.6 Å². The molecule has 1 amide bonds. The van der Waals surface area contributed by atoms with E-state index in [1.54, 1.807) is 13.3 Å². The van der Waals surface area contributed by atoms with Crippen LogP contribution in [0.4, 0.5) is 0 Å². The van der Waals surface area contributed by atoms with Crippen molar-refractivity contribution < 1.29 is 9.53 Å². The van der Waals surface area contributed by atoms with Crippen LogP contribution < -0.4 is 10.2 Å². The number of aryl methyl sites for hydroxylation is 1. The number of carbonyl (C=O) groups excluding carboxylic acids is 1. The molecule has 0 unspecified atom stereocenters. The van der Waals surface area contributed by atoms with E-state index in [0.717, 1.165) is 33.4 Å². The Bertz CT molecular complexity index is 1570. The van der Waals surface area contributed by atoms with Gasteiger partial charge < -0.3 is 9.30 Å². The number of rotatable bonds is 6. The van der Waals surface area contributed by atoms with Crippen molar-refractivity contribution in [3.63, 3.8) is 0 Å². The minimum Gasteiger partial charge on any atom is -0.496 e. The molecule has 0 fully saturated rings. The lowest BCUT2D eigenvalue weighted by Gasteiger charge is -2.11. The summed E-state index contributed by atoms with van der Waals surface area (Å²) in [4.78, 5) is 12.9. The summed E-state index contributed by atoms with van der Waals surface area (Å²) in [6.45, 7) is 4.11. The van der Waals surface area contributed by atoms with Crippen LogP contribution in [0.3, 0.4) is 0 Å². The van der Waals surface area contributed by atoms with E-state index in [4.69, 9.17) is 4.74 Å². The molecule has 1 aromatic heterocycles. The second kappa shape index (κ2) is 9.92. The first-order valence-electron chi connectivity index (χ1n) is 11.8. The van der Waals surface area contributed by atoms with Crippen LogP contribution in [0.15, 0.2) is 102 Å². The smallest absolute Gasteiger partial charge is 0.275 e. The van der Waals surface area contributed by atoms with Crippen molar-refractivity contribution in [2.24, 2.45) is 5.10 Å². The standard InChI is InChI=1S/C31H27N3O2/c1-21-17-27(22(2)34(21)28-15-13-24(14-16-28)23-9-5-4-6-10-23)20-32-33-31(35)29-18-25-11-7-8-12-26(25)19-30(29)36-3/h4-20H,1-3H3,(H,33,35)/b32-20+. The maximum Gasteiger partial charge on any atom is 0.275 e. The first kappa shape index (κ1) is 23.1. The molecular weight excluding hydrogens is 446 g/mol. The Hall–Kier alpha value is -4.64. The molecule has 1 heterocycles. The van der Waals surface area contributed by atoms with E-state index in [9.17, 15) is 4.79 Å². The number of hydrazone groups is 1. The van der Waals surface area contributed by atoms with Gasteiger partial charge >= 0.3 is 0 Å². The van der Waals surface area contributed by atoms with Crippen molar-refractivity contribution in [1.29, 1.82) is 0 Å². The fourth-order valence-electron chi connectivity index (χ4n) is 4.54. The second-order valence-electron chi connectivity index (χ2n) is 8.67. The van der Waals surface area contributed by atoms with E-state index in [1.165, 1.54) is 11.1 Å². The van der Waals surface area contributed by atoms with Crippen LogP contribution >= 0.6 is 0 Å². The van der Waals surface area contributed by atoms with Gasteiger partial charge in [0.15, 0.2) is 0 Å². The molecule has 1 N–H and O–H groups in total. The number of nitrogens with zero attached hydrogens (tertiary/aromatic N) is 2. The first-order valence-corrected chi connectivity index (χ1v) is 11.8. The number of benzene rings is 4. The molecule has 0 atom stereocenters. The minimum absolute atomic E-state index is 0.320. The Morgan fingerprint density at radius 3 is 2.17 bits per heavy atom. The summed E-state index contributed by atoms with van der Waals surface area (Å²) in [5, 5.41) is 6.22. The van der Waals surface area contributed by atoms with E-state index in [-0.39, 0.29) is 5.91 Å². The Labute approximate surface area is 210 Å². The SMILES string of the molecule is COc1cc2ccccc2cc1C(=O)N/N=C/c1cc(C)n(-c2ccc(-c3ccccc3)cc2)c1C. The highest BCUT2D eigenvalue weighted by Gasteiger charge is 2.14. The molecule has 0 spiro atoms. The van der Waals surface area contributed by atoms with Crippen molar-refractivity contribution in [2.75, 3.05) is 7.11 Å². The van der Waals surface area contributed by atoms with Crippen molar-refractivity contribution in [2.45, 2.75) is 13.8 Å². The van der Waals surface area contributed by atoms with E-state index < -0.39 is 0 Å². The van der Waals surface area contributed by atoms with Crippen LogP contribution in [-0.4, -0.2) is 23.8 Å². The number of aromatic nitrogens is 1. The van der Waals surface area contributed by atoms with Crippen LogP contribution in [0.5, 0.6) is 5.75 Å². The third-order valence-corrected chi connectivity index (χ3v) is 6.39. The van der Waals surface area contributed by atoms with E-state index >= 15 is 0 Å². The molecule has 5 nitrogen and oxygen atoms in total. The van der Waals surface area contributed by atoms with Crippen molar-refractivity contribution >= 4 is 22.9 Å². The maximum atomic E-state index is 12.9. The van der Waals surface area contributed by atoms with Crippen LogP contribution in [-0.2, 0) is 0 Å². The van der Waals surface area contributed by atoms with Gasteiger partial charge in [-0.2, -0.15) is 5.10 Å². The summed E-state index contributed by atoms with van der Waals surface area (Å²) in [7, 11) is 1.56. The average Bonchev–Trinajstić information content (AvgIpc) is 3.20. The lowest BCUT2D eigenvalue weighted by Crippen LogP contribution is -2.18. The lowest BCUT2D eigenvalue weighted by molar-refractivity contribution is 0.0952. The Morgan fingerprint density at radius 1 is 0.833 bits per heavy atom. The summed E-state index contributed by atoms with van der Waals surface area (Å²) in [6.07, 6.45) is 1.68. The van der Waals surface area contributed by atoms with Crippen LogP contribution in [0, 0.1) is 13.8 Å². The fraction of sp³-hybridized carbons (Fsp3) is 0.0968. The lowest BCUT2D eigenvalue weighted by atomic mass is 10.1. The summed E-state index contributed by atoms with van der Waals surface area (Å²) >= 11 is 0. The van der Waals surface area contributed by atoms with Crippen LogP contribution in [0.1, 0.15) is 27.3 Å². The zero-order chi connectivity index (χ0) is 25.1. The van der Waals surface area contributed by atoms with E-state index in [1.807, 2.05) is 61.5 Å². The van der Waals surface area contributed by atoms with Crippen molar-refractivity contribution in [3.8, 4) is 22.6 Å². The molecule has 5 rings (SSSR count).